The number of fused-ring (bicyclic) bond motifs is 1. The van der Waals surface area contributed by atoms with Crippen LogP contribution in [0.25, 0.3) is 11.3 Å². The van der Waals surface area contributed by atoms with Crippen LogP contribution < -0.4 is 0 Å². The Morgan fingerprint density at radius 1 is 1.11 bits per heavy atom. The minimum Gasteiger partial charge on any atom is -0.286 e. The first-order chi connectivity index (χ1) is 8.97. The third-order valence-corrected chi connectivity index (χ3v) is 2.71. The molecule has 0 aromatic carbocycles. The number of alkyl halides is 3. The van der Waals surface area contributed by atoms with Crippen molar-refractivity contribution in [3.63, 3.8) is 0 Å². The van der Waals surface area contributed by atoms with E-state index >= 15 is 0 Å². The van der Waals surface area contributed by atoms with Crippen LogP contribution in [-0.4, -0.2) is 24.1 Å². The zero-order valence-electron chi connectivity index (χ0n) is 9.76. The maximum atomic E-state index is 12.7. The number of hydrogen-bond acceptors (Lipinski definition) is 3. The molecule has 3 aromatic rings. The molecule has 19 heavy (non-hydrogen) atoms. The zero-order chi connectivity index (χ0) is 13.6. The molecular weight excluding hydrogens is 259 g/mol. The number of aromatic nitrogens is 5. The Morgan fingerprint density at radius 3 is 2.47 bits per heavy atom. The Labute approximate surface area is 105 Å². The molecular formula is C11H8F3N5. The highest BCUT2D eigenvalue weighted by Gasteiger charge is 2.34. The Hall–Kier alpha value is -2.38. The van der Waals surface area contributed by atoms with Crippen molar-refractivity contribution < 1.29 is 13.2 Å². The second-order valence-corrected chi connectivity index (χ2v) is 3.95. The van der Waals surface area contributed by atoms with Crippen LogP contribution in [0.5, 0.6) is 0 Å². The van der Waals surface area contributed by atoms with E-state index in [1.165, 1.54) is 12.4 Å². The highest BCUT2D eigenvalue weighted by atomic mass is 19.4. The smallest absolute Gasteiger partial charge is 0.286 e. The first-order valence-electron chi connectivity index (χ1n) is 5.39. The molecule has 0 saturated heterocycles. The summed E-state index contributed by atoms with van der Waals surface area (Å²) in [5.74, 6) is 0.996. The van der Waals surface area contributed by atoms with E-state index < -0.39 is 11.9 Å². The summed E-state index contributed by atoms with van der Waals surface area (Å²) in [5, 5.41) is 3.50. The van der Waals surface area contributed by atoms with Crippen LogP contribution in [-0.2, 0) is 6.18 Å². The van der Waals surface area contributed by atoms with Gasteiger partial charge in [-0.2, -0.15) is 18.3 Å². The summed E-state index contributed by atoms with van der Waals surface area (Å²) >= 11 is 0. The predicted molar refractivity (Wildman–Crippen MR) is 59.8 cm³/mol. The van der Waals surface area contributed by atoms with Crippen LogP contribution in [0, 0.1) is 6.92 Å². The number of nitrogens with zero attached hydrogens (tertiary/aromatic N) is 5. The van der Waals surface area contributed by atoms with Crippen molar-refractivity contribution in [3.8, 4) is 5.82 Å². The predicted octanol–water partition coefficient (Wildman–Crippen LogP) is 2.24. The Balaban J connectivity index is 2.27. The van der Waals surface area contributed by atoms with E-state index in [0.29, 0.717) is 11.6 Å². The highest BCUT2D eigenvalue weighted by Crippen LogP contribution is 2.29. The van der Waals surface area contributed by atoms with Crippen molar-refractivity contribution >= 4 is 5.52 Å². The number of halogens is 3. The van der Waals surface area contributed by atoms with Crippen LogP contribution in [0.4, 0.5) is 13.2 Å². The van der Waals surface area contributed by atoms with Gasteiger partial charge in [-0.25, -0.2) is 14.5 Å². The van der Waals surface area contributed by atoms with E-state index in [2.05, 4.69) is 15.1 Å². The van der Waals surface area contributed by atoms with Crippen molar-refractivity contribution in [1.29, 1.82) is 0 Å². The van der Waals surface area contributed by atoms with Crippen LogP contribution in [0.2, 0.25) is 0 Å². The number of rotatable bonds is 1. The quantitative estimate of drug-likeness (QED) is 0.679. The lowest BCUT2D eigenvalue weighted by atomic mass is 10.3. The fourth-order valence-corrected chi connectivity index (χ4v) is 1.83. The molecule has 0 amide bonds. The van der Waals surface area contributed by atoms with Crippen LogP contribution in [0.3, 0.4) is 0 Å². The number of hydrogen-bond donors (Lipinski definition) is 0. The lowest BCUT2D eigenvalue weighted by Gasteiger charge is -2.04. The van der Waals surface area contributed by atoms with Crippen molar-refractivity contribution in [2.45, 2.75) is 13.1 Å². The Morgan fingerprint density at radius 2 is 1.84 bits per heavy atom. The van der Waals surface area contributed by atoms with Gasteiger partial charge in [0.25, 0.3) is 0 Å². The van der Waals surface area contributed by atoms with E-state index in [0.717, 1.165) is 10.6 Å². The summed E-state index contributed by atoms with van der Waals surface area (Å²) in [4.78, 5) is 8.13. The third kappa shape index (κ3) is 1.85. The molecule has 0 fully saturated rings. The molecule has 0 atom stereocenters. The van der Waals surface area contributed by atoms with Gasteiger partial charge in [0.05, 0.1) is 0 Å². The molecule has 0 unspecified atom stereocenters. The van der Waals surface area contributed by atoms with Crippen molar-refractivity contribution in [2.75, 3.05) is 0 Å². The minimum absolute atomic E-state index is 0.274. The lowest BCUT2D eigenvalue weighted by Crippen LogP contribution is -2.05. The molecule has 98 valence electrons. The summed E-state index contributed by atoms with van der Waals surface area (Å²) in [7, 11) is 0. The molecule has 3 heterocycles. The van der Waals surface area contributed by atoms with Crippen LogP contribution in [0.1, 0.15) is 11.5 Å². The van der Waals surface area contributed by atoms with E-state index in [1.54, 1.807) is 23.9 Å². The molecule has 0 aliphatic rings. The van der Waals surface area contributed by atoms with Gasteiger partial charge in [-0.1, -0.05) is 0 Å². The number of aryl methyl sites for hydroxylation is 1. The topological polar surface area (TPSA) is 48.0 Å². The third-order valence-electron chi connectivity index (χ3n) is 2.71. The van der Waals surface area contributed by atoms with Gasteiger partial charge in [-0.15, -0.1) is 0 Å². The normalized spacial score (nSPS) is 12.2. The lowest BCUT2D eigenvalue weighted by molar-refractivity contribution is -0.141. The van der Waals surface area contributed by atoms with E-state index in [9.17, 15) is 13.2 Å². The van der Waals surface area contributed by atoms with Crippen LogP contribution >= 0.6 is 0 Å². The fraction of sp³-hybridized carbons (Fsp3) is 0.182. The van der Waals surface area contributed by atoms with E-state index in [4.69, 9.17) is 0 Å². The monoisotopic (exact) mass is 267 g/mol. The maximum Gasteiger partial charge on any atom is 0.435 e. The Kier molecular flexibility index (Phi) is 2.34. The molecule has 0 aliphatic carbocycles. The van der Waals surface area contributed by atoms with Crippen molar-refractivity contribution in [1.82, 2.24) is 24.1 Å². The highest BCUT2D eigenvalue weighted by molar-refractivity contribution is 5.61. The zero-order valence-corrected chi connectivity index (χ0v) is 9.76. The van der Waals surface area contributed by atoms with Gasteiger partial charge in [0.2, 0.25) is 0 Å². The van der Waals surface area contributed by atoms with E-state index in [-0.39, 0.29) is 5.52 Å². The van der Waals surface area contributed by atoms with Gasteiger partial charge in [0.15, 0.2) is 11.5 Å². The first kappa shape index (κ1) is 11.7. The molecule has 0 radical (unpaired) electrons. The largest absolute Gasteiger partial charge is 0.435 e. The molecule has 0 saturated carbocycles. The standard InChI is InChI=1S/C11H8F3N5/c1-7-15-2-4-18(7)10-8-6-9(11(12,13)14)17-19(8)5-3-16-10/h2-6H,1H3. The summed E-state index contributed by atoms with van der Waals surface area (Å²) in [5.41, 5.74) is -0.671. The minimum atomic E-state index is -4.48. The summed E-state index contributed by atoms with van der Waals surface area (Å²) in [6, 6.07) is 0.974. The van der Waals surface area contributed by atoms with Crippen molar-refractivity contribution in [3.05, 3.63) is 42.4 Å². The fourth-order valence-electron chi connectivity index (χ4n) is 1.83. The molecule has 0 bridgehead atoms. The van der Waals surface area contributed by atoms with Crippen LogP contribution in [0.15, 0.2) is 30.9 Å². The molecule has 0 N–H and O–H groups in total. The van der Waals surface area contributed by atoms with Gasteiger partial charge in [0.1, 0.15) is 11.3 Å². The van der Waals surface area contributed by atoms with Gasteiger partial charge in [0, 0.05) is 30.9 Å². The summed E-state index contributed by atoms with van der Waals surface area (Å²) in [6.07, 6.45) is 1.49. The second kappa shape index (κ2) is 3.81. The summed E-state index contributed by atoms with van der Waals surface area (Å²) in [6.45, 7) is 1.74. The molecule has 8 heteroatoms. The summed E-state index contributed by atoms with van der Waals surface area (Å²) < 4.78 is 40.8. The Bertz CT molecular complexity index is 740. The molecule has 0 spiro atoms. The molecule has 3 aromatic heterocycles. The molecule has 5 nitrogen and oxygen atoms in total. The first-order valence-corrected chi connectivity index (χ1v) is 5.39. The average molecular weight is 267 g/mol. The maximum absolute atomic E-state index is 12.7. The molecule has 0 aliphatic heterocycles. The van der Waals surface area contributed by atoms with Crippen molar-refractivity contribution in [2.24, 2.45) is 0 Å². The van der Waals surface area contributed by atoms with Gasteiger partial charge < -0.3 is 0 Å². The second-order valence-electron chi connectivity index (χ2n) is 3.95. The number of imidazole rings is 1. The van der Waals surface area contributed by atoms with E-state index in [1.807, 2.05) is 0 Å². The van der Waals surface area contributed by atoms with Gasteiger partial charge >= 0.3 is 6.18 Å². The average Bonchev–Trinajstić information content (AvgIpc) is 2.93. The molecule has 3 rings (SSSR count). The SMILES string of the molecule is Cc1nccn1-c1nccn2nc(C(F)(F)F)cc12. The van der Waals surface area contributed by atoms with Gasteiger partial charge in [-0.3, -0.25) is 4.57 Å². The van der Waals surface area contributed by atoms with Gasteiger partial charge in [-0.05, 0) is 6.92 Å².